The molecule has 0 aliphatic rings. The van der Waals surface area contributed by atoms with Crippen LogP contribution in [0.2, 0.25) is 0 Å². The molecule has 1 rings (SSSR count). The second kappa shape index (κ2) is 6.69. The number of nitrogens with zero attached hydrogens (tertiary/aromatic N) is 1. The number of carbonyl (C=O) groups excluding carboxylic acids is 1. The molecule has 1 amide bonds. The van der Waals surface area contributed by atoms with E-state index in [-0.39, 0.29) is 18.1 Å². The topological polar surface area (TPSA) is 97.8 Å². The minimum Gasteiger partial charge on any atom is -0.480 e. The molecule has 1 aromatic heterocycles. The summed E-state index contributed by atoms with van der Waals surface area (Å²) in [6.45, 7) is 1.64. The lowest BCUT2D eigenvalue weighted by Gasteiger charge is -2.14. The van der Waals surface area contributed by atoms with Gasteiger partial charge < -0.3 is 19.9 Å². The van der Waals surface area contributed by atoms with Crippen LogP contribution in [-0.4, -0.2) is 48.8 Å². The van der Waals surface area contributed by atoms with Gasteiger partial charge in [-0.25, -0.2) is 9.78 Å². The van der Waals surface area contributed by atoms with Gasteiger partial charge in [0.1, 0.15) is 5.56 Å². The number of hydrogen-bond acceptors (Lipinski definition) is 5. The summed E-state index contributed by atoms with van der Waals surface area (Å²) in [4.78, 5) is 26.9. The summed E-state index contributed by atoms with van der Waals surface area (Å²) >= 11 is 0. The van der Waals surface area contributed by atoms with Gasteiger partial charge in [-0.3, -0.25) is 4.79 Å². The van der Waals surface area contributed by atoms with E-state index in [2.05, 4.69) is 10.3 Å². The van der Waals surface area contributed by atoms with Crippen molar-refractivity contribution in [3.8, 4) is 5.88 Å². The Morgan fingerprint density at radius 3 is 2.63 bits per heavy atom. The second-order valence-corrected chi connectivity index (χ2v) is 3.83. The number of ether oxygens (including phenoxy) is 2. The Morgan fingerprint density at radius 1 is 1.42 bits per heavy atom. The van der Waals surface area contributed by atoms with Crippen molar-refractivity contribution < 1.29 is 24.2 Å². The van der Waals surface area contributed by atoms with Gasteiger partial charge in [-0.2, -0.15) is 0 Å². The highest BCUT2D eigenvalue weighted by Gasteiger charge is 2.22. The van der Waals surface area contributed by atoms with Gasteiger partial charge in [-0.05, 0) is 19.1 Å². The molecule has 7 nitrogen and oxygen atoms in total. The highest BCUT2D eigenvalue weighted by Crippen LogP contribution is 2.15. The van der Waals surface area contributed by atoms with E-state index >= 15 is 0 Å². The number of carbonyl (C=O) groups is 2. The summed E-state index contributed by atoms with van der Waals surface area (Å²) in [6, 6.07) is 2.05. The van der Waals surface area contributed by atoms with Crippen molar-refractivity contribution in [2.24, 2.45) is 0 Å². The largest absolute Gasteiger partial charge is 0.480 e. The number of amides is 1. The van der Waals surface area contributed by atoms with Gasteiger partial charge in [0.2, 0.25) is 5.88 Å². The van der Waals surface area contributed by atoms with Crippen LogP contribution in [0.5, 0.6) is 5.88 Å². The van der Waals surface area contributed by atoms with E-state index in [1.807, 2.05) is 0 Å². The van der Waals surface area contributed by atoms with E-state index in [0.29, 0.717) is 5.69 Å². The maximum Gasteiger partial charge on any atom is 0.328 e. The Bertz CT molecular complexity index is 475. The number of hydrogen-bond donors (Lipinski definition) is 2. The van der Waals surface area contributed by atoms with Crippen LogP contribution in [0.4, 0.5) is 0 Å². The average Bonchev–Trinajstić information content (AvgIpc) is 2.37. The lowest BCUT2D eigenvalue weighted by atomic mass is 10.2. The Hall–Kier alpha value is -2.15. The zero-order chi connectivity index (χ0) is 14.4. The molecule has 0 saturated carbocycles. The SMILES string of the molecule is COCC(NC(=O)c1ccc(C)nc1OC)C(=O)O. The molecule has 104 valence electrons. The normalized spacial score (nSPS) is 11.7. The smallest absolute Gasteiger partial charge is 0.328 e. The van der Waals surface area contributed by atoms with Gasteiger partial charge in [0.25, 0.3) is 5.91 Å². The molecule has 1 unspecified atom stereocenters. The molecular weight excluding hydrogens is 252 g/mol. The Labute approximate surface area is 110 Å². The van der Waals surface area contributed by atoms with E-state index in [1.54, 1.807) is 13.0 Å². The van der Waals surface area contributed by atoms with Gasteiger partial charge in [0.15, 0.2) is 6.04 Å². The number of carboxylic acid groups (broad SMARTS) is 1. The molecule has 0 aliphatic carbocycles. The summed E-state index contributed by atoms with van der Waals surface area (Å²) < 4.78 is 9.73. The quantitative estimate of drug-likeness (QED) is 0.766. The van der Waals surface area contributed by atoms with Gasteiger partial charge in [0, 0.05) is 12.8 Å². The van der Waals surface area contributed by atoms with Crippen molar-refractivity contribution in [1.82, 2.24) is 10.3 Å². The summed E-state index contributed by atoms with van der Waals surface area (Å²) in [5, 5.41) is 11.3. The molecule has 0 fully saturated rings. The molecule has 0 spiro atoms. The summed E-state index contributed by atoms with van der Waals surface area (Å²) in [7, 11) is 2.75. The van der Waals surface area contributed by atoms with Crippen LogP contribution in [0.1, 0.15) is 16.1 Å². The van der Waals surface area contributed by atoms with Crippen LogP contribution in [0.15, 0.2) is 12.1 Å². The third-order valence-electron chi connectivity index (χ3n) is 2.37. The summed E-state index contributed by atoms with van der Waals surface area (Å²) in [6.07, 6.45) is 0. The van der Waals surface area contributed by atoms with Crippen molar-refractivity contribution in [3.05, 3.63) is 23.4 Å². The number of methoxy groups -OCH3 is 2. The van der Waals surface area contributed by atoms with E-state index in [0.717, 1.165) is 0 Å². The van der Waals surface area contributed by atoms with Gasteiger partial charge in [0.05, 0.1) is 13.7 Å². The Kier molecular flexibility index (Phi) is 5.25. The fraction of sp³-hybridized carbons (Fsp3) is 0.417. The van der Waals surface area contributed by atoms with Crippen molar-refractivity contribution in [1.29, 1.82) is 0 Å². The minimum atomic E-state index is -1.17. The standard InChI is InChI=1S/C12H16N2O5/c1-7-4-5-8(11(13-7)19-3)10(15)14-9(6-18-2)12(16)17/h4-5,9H,6H2,1-3H3,(H,14,15)(H,16,17). The lowest BCUT2D eigenvalue weighted by Crippen LogP contribution is -2.43. The first-order valence-electron chi connectivity index (χ1n) is 5.53. The molecule has 7 heteroatoms. The van der Waals surface area contributed by atoms with Crippen LogP contribution >= 0.6 is 0 Å². The molecular formula is C12H16N2O5. The number of aromatic nitrogens is 1. The molecule has 0 bridgehead atoms. The summed E-state index contributed by atoms with van der Waals surface area (Å²) in [5.74, 6) is -1.60. The van der Waals surface area contributed by atoms with Crippen LogP contribution in [-0.2, 0) is 9.53 Å². The number of nitrogens with one attached hydrogen (secondary N) is 1. The fourth-order valence-electron chi connectivity index (χ4n) is 1.44. The zero-order valence-corrected chi connectivity index (χ0v) is 11.0. The number of aliphatic carboxylic acids is 1. The maximum absolute atomic E-state index is 12.0. The molecule has 0 aromatic carbocycles. The number of aryl methyl sites for hydroxylation is 1. The van der Waals surface area contributed by atoms with Crippen LogP contribution < -0.4 is 10.1 Å². The van der Waals surface area contributed by atoms with Gasteiger partial charge in [-0.1, -0.05) is 0 Å². The highest BCUT2D eigenvalue weighted by atomic mass is 16.5. The fourth-order valence-corrected chi connectivity index (χ4v) is 1.44. The monoisotopic (exact) mass is 268 g/mol. The maximum atomic E-state index is 12.0. The molecule has 0 saturated heterocycles. The first-order chi connectivity index (χ1) is 8.99. The van der Waals surface area contributed by atoms with Crippen molar-refractivity contribution in [2.75, 3.05) is 20.8 Å². The molecule has 19 heavy (non-hydrogen) atoms. The molecule has 0 aliphatic heterocycles. The van der Waals surface area contributed by atoms with E-state index < -0.39 is 17.9 Å². The Morgan fingerprint density at radius 2 is 2.11 bits per heavy atom. The van der Waals surface area contributed by atoms with Crippen molar-refractivity contribution in [3.63, 3.8) is 0 Å². The predicted molar refractivity (Wildman–Crippen MR) is 66.3 cm³/mol. The first-order valence-corrected chi connectivity index (χ1v) is 5.53. The summed E-state index contributed by atoms with van der Waals surface area (Å²) in [5.41, 5.74) is 0.871. The number of carboxylic acids is 1. The zero-order valence-electron chi connectivity index (χ0n) is 11.0. The highest BCUT2D eigenvalue weighted by molar-refractivity contribution is 5.98. The Balaban J connectivity index is 2.91. The van der Waals surface area contributed by atoms with Gasteiger partial charge in [-0.15, -0.1) is 0 Å². The predicted octanol–water partition coefficient (Wildman–Crippen LogP) is 0.228. The molecule has 1 aromatic rings. The number of pyridine rings is 1. The third-order valence-corrected chi connectivity index (χ3v) is 2.37. The second-order valence-electron chi connectivity index (χ2n) is 3.83. The van der Waals surface area contributed by atoms with E-state index in [1.165, 1.54) is 20.3 Å². The third kappa shape index (κ3) is 3.92. The molecule has 1 atom stereocenters. The molecule has 1 heterocycles. The minimum absolute atomic E-state index is 0.122. The first kappa shape index (κ1) is 14.9. The van der Waals surface area contributed by atoms with Crippen LogP contribution in [0.25, 0.3) is 0 Å². The molecule has 2 N–H and O–H groups in total. The average molecular weight is 268 g/mol. The number of rotatable bonds is 6. The molecule has 0 radical (unpaired) electrons. The van der Waals surface area contributed by atoms with Crippen molar-refractivity contribution in [2.45, 2.75) is 13.0 Å². The lowest BCUT2D eigenvalue weighted by molar-refractivity contribution is -0.140. The van der Waals surface area contributed by atoms with Crippen LogP contribution in [0, 0.1) is 6.92 Å². The van der Waals surface area contributed by atoms with E-state index in [4.69, 9.17) is 14.6 Å². The van der Waals surface area contributed by atoms with E-state index in [9.17, 15) is 9.59 Å². The van der Waals surface area contributed by atoms with Crippen molar-refractivity contribution >= 4 is 11.9 Å². The van der Waals surface area contributed by atoms with Crippen LogP contribution in [0.3, 0.4) is 0 Å². The van der Waals surface area contributed by atoms with Gasteiger partial charge >= 0.3 is 5.97 Å².